The third kappa shape index (κ3) is 3.96. The second-order valence-corrected chi connectivity index (χ2v) is 7.42. The average molecular weight is 381 g/mol. The van der Waals surface area contributed by atoms with Crippen LogP contribution >= 0.6 is 11.3 Å². The summed E-state index contributed by atoms with van der Waals surface area (Å²) in [5.41, 5.74) is 1.41. The summed E-state index contributed by atoms with van der Waals surface area (Å²) < 4.78 is 0. The summed E-state index contributed by atoms with van der Waals surface area (Å²) in [6.45, 7) is 2.97. The van der Waals surface area contributed by atoms with Gasteiger partial charge >= 0.3 is 0 Å². The molecule has 1 atom stereocenters. The minimum atomic E-state index is -0.277. The number of β-amino-alcohol motifs (C(OH)–C–C–N with tert-alkyl or cyclic N) is 1. The van der Waals surface area contributed by atoms with E-state index < -0.39 is 0 Å². The normalized spacial score (nSPS) is 16.5. The van der Waals surface area contributed by atoms with Gasteiger partial charge in [-0.05, 0) is 37.6 Å². The van der Waals surface area contributed by atoms with Gasteiger partial charge in [0.25, 0.3) is 0 Å². The summed E-state index contributed by atoms with van der Waals surface area (Å²) in [5.74, 6) is 1.21. The van der Waals surface area contributed by atoms with Gasteiger partial charge in [0.05, 0.1) is 16.7 Å². The summed E-state index contributed by atoms with van der Waals surface area (Å²) in [5, 5.41) is 13.7. The Morgan fingerprint density at radius 3 is 2.96 bits per heavy atom. The molecule has 0 spiro atoms. The number of carbonyl (C=O) groups excluding carboxylic acids is 1. The van der Waals surface area contributed by atoms with Gasteiger partial charge in [-0.2, -0.15) is 0 Å². The molecule has 3 aromatic rings. The zero-order valence-electron chi connectivity index (χ0n) is 14.8. The highest BCUT2D eigenvalue weighted by molar-refractivity contribution is 7.18. The Kier molecular flexibility index (Phi) is 4.83. The summed E-state index contributed by atoms with van der Waals surface area (Å²) in [7, 11) is 0. The van der Waals surface area contributed by atoms with Gasteiger partial charge in [-0.25, -0.2) is 15.0 Å². The molecule has 0 aromatic carbocycles. The van der Waals surface area contributed by atoms with E-state index in [1.165, 1.54) is 6.92 Å². The molecule has 1 aliphatic rings. The molecule has 0 bridgehead atoms. The maximum atomic E-state index is 11.5. The molecule has 0 radical (unpaired) electrons. The highest BCUT2D eigenvalue weighted by Crippen LogP contribution is 2.32. The third-order valence-corrected chi connectivity index (χ3v) is 5.43. The van der Waals surface area contributed by atoms with Crippen LogP contribution in [0.2, 0.25) is 0 Å². The summed E-state index contributed by atoms with van der Waals surface area (Å²) in [6.07, 6.45) is 3.91. The molecular formula is C19H19N5O2S. The number of hydrogen-bond donors (Lipinski definition) is 2. The van der Waals surface area contributed by atoms with Gasteiger partial charge < -0.3 is 15.3 Å². The van der Waals surface area contributed by atoms with Crippen molar-refractivity contribution in [3.63, 3.8) is 0 Å². The topological polar surface area (TPSA) is 91.2 Å². The average Bonchev–Trinajstić information content (AvgIpc) is 3.31. The molecule has 1 aliphatic heterocycles. The molecule has 138 valence electrons. The van der Waals surface area contributed by atoms with Crippen molar-refractivity contribution < 1.29 is 9.90 Å². The maximum Gasteiger partial charge on any atom is 0.185 e. The van der Waals surface area contributed by atoms with Crippen molar-refractivity contribution >= 4 is 33.9 Å². The van der Waals surface area contributed by atoms with E-state index >= 15 is 0 Å². The molecule has 27 heavy (non-hydrogen) atoms. The number of nitrogens with one attached hydrogen (secondary N) is 1. The number of anilines is 3. The lowest BCUT2D eigenvalue weighted by molar-refractivity contribution is 0.101. The number of hydrogen-bond acceptors (Lipinski definition) is 8. The van der Waals surface area contributed by atoms with E-state index in [4.69, 9.17) is 0 Å². The number of aliphatic hydroxyl groups is 1. The van der Waals surface area contributed by atoms with Crippen LogP contribution in [0.5, 0.6) is 0 Å². The monoisotopic (exact) mass is 381 g/mol. The predicted molar refractivity (Wildman–Crippen MR) is 106 cm³/mol. The summed E-state index contributed by atoms with van der Waals surface area (Å²) >= 11 is 1.56. The molecule has 2 N–H and O–H groups in total. The molecule has 4 rings (SSSR count). The van der Waals surface area contributed by atoms with Crippen LogP contribution in [0.3, 0.4) is 0 Å². The number of pyridine rings is 2. The van der Waals surface area contributed by atoms with Crippen LogP contribution in [0.1, 0.15) is 23.7 Å². The number of carbonyl (C=O) groups is 1. The smallest absolute Gasteiger partial charge is 0.185 e. The standard InChI is InChI=1S/C19H19N5O2S/c1-12(25)13-5-7-20-18(9-13)23-17-4-2-3-15(22-17)16-10-21-19(27-16)24-8-6-14(26)11-24/h2-5,7,9-10,14,26H,6,8,11H2,1H3,(H,20,22,23). The van der Waals surface area contributed by atoms with Crippen LogP contribution in [0.4, 0.5) is 16.8 Å². The fraction of sp³-hybridized carbons (Fsp3) is 0.263. The third-order valence-electron chi connectivity index (χ3n) is 4.35. The number of aromatic nitrogens is 3. The molecule has 1 fully saturated rings. The van der Waals surface area contributed by atoms with E-state index in [0.29, 0.717) is 23.7 Å². The van der Waals surface area contributed by atoms with Crippen molar-refractivity contribution in [1.82, 2.24) is 15.0 Å². The van der Waals surface area contributed by atoms with Crippen molar-refractivity contribution in [3.05, 3.63) is 48.3 Å². The molecule has 3 aromatic heterocycles. The molecule has 0 aliphatic carbocycles. The minimum Gasteiger partial charge on any atom is -0.391 e. The van der Waals surface area contributed by atoms with Crippen molar-refractivity contribution in [2.24, 2.45) is 0 Å². The predicted octanol–water partition coefficient (Wildman–Crippen LogP) is 3.12. The van der Waals surface area contributed by atoms with Gasteiger partial charge in [0.2, 0.25) is 0 Å². The molecule has 8 heteroatoms. The molecule has 7 nitrogen and oxygen atoms in total. The Morgan fingerprint density at radius 2 is 2.19 bits per heavy atom. The number of Topliss-reactive ketones (excluding diaryl/α,β-unsaturated/α-hetero) is 1. The van der Waals surface area contributed by atoms with Crippen LogP contribution in [0.15, 0.2) is 42.7 Å². The Bertz CT molecular complexity index is 974. The number of nitrogens with zero attached hydrogens (tertiary/aromatic N) is 4. The number of rotatable bonds is 5. The molecule has 0 saturated carbocycles. The van der Waals surface area contributed by atoms with Gasteiger partial charge in [-0.15, -0.1) is 0 Å². The highest BCUT2D eigenvalue weighted by Gasteiger charge is 2.23. The molecule has 0 amide bonds. The lowest BCUT2D eigenvalue weighted by Crippen LogP contribution is -2.20. The Hall–Kier alpha value is -2.84. The van der Waals surface area contributed by atoms with Gasteiger partial charge in [-0.3, -0.25) is 4.79 Å². The second-order valence-electron chi connectivity index (χ2n) is 6.41. The Morgan fingerprint density at radius 1 is 1.30 bits per heavy atom. The Balaban J connectivity index is 1.54. The zero-order valence-corrected chi connectivity index (χ0v) is 15.6. The van der Waals surface area contributed by atoms with E-state index in [-0.39, 0.29) is 11.9 Å². The summed E-state index contributed by atoms with van der Waals surface area (Å²) in [4.78, 5) is 27.9. The van der Waals surface area contributed by atoms with Gasteiger partial charge in [0.1, 0.15) is 11.6 Å². The molecule has 1 unspecified atom stereocenters. The maximum absolute atomic E-state index is 11.5. The first-order valence-electron chi connectivity index (χ1n) is 8.69. The first-order valence-corrected chi connectivity index (χ1v) is 9.50. The van der Waals surface area contributed by atoms with Gasteiger partial charge in [-0.1, -0.05) is 17.4 Å². The van der Waals surface area contributed by atoms with E-state index in [0.717, 1.165) is 28.7 Å². The second kappa shape index (κ2) is 7.42. The van der Waals surface area contributed by atoms with E-state index in [2.05, 4.69) is 25.2 Å². The lowest BCUT2D eigenvalue weighted by atomic mass is 10.2. The number of aliphatic hydroxyl groups excluding tert-OH is 1. The van der Waals surface area contributed by atoms with Crippen LogP contribution < -0.4 is 10.2 Å². The van der Waals surface area contributed by atoms with Gasteiger partial charge in [0, 0.05) is 31.0 Å². The largest absolute Gasteiger partial charge is 0.391 e. The lowest BCUT2D eigenvalue weighted by Gasteiger charge is -2.12. The summed E-state index contributed by atoms with van der Waals surface area (Å²) in [6, 6.07) is 9.09. The van der Waals surface area contributed by atoms with Crippen LogP contribution in [-0.2, 0) is 0 Å². The van der Waals surface area contributed by atoms with E-state index in [1.807, 2.05) is 24.4 Å². The zero-order chi connectivity index (χ0) is 18.8. The Labute approximate surface area is 160 Å². The van der Waals surface area contributed by atoms with Crippen molar-refractivity contribution in [3.8, 4) is 10.6 Å². The molecule has 1 saturated heterocycles. The van der Waals surface area contributed by atoms with Crippen molar-refractivity contribution in [1.29, 1.82) is 0 Å². The van der Waals surface area contributed by atoms with Crippen molar-refractivity contribution in [2.75, 3.05) is 23.3 Å². The minimum absolute atomic E-state index is 0.00798. The SMILES string of the molecule is CC(=O)c1ccnc(Nc2cccc(-c3cnc(N4CCC(O)C4)s3)n2)c1. The van der Waals surface area contributed by atoms with Gasteiger partial charge in [0.15, 0.2) is 10.9 Å². The van der Waals surface area contributed by atoms with Crippen LogP contribution in [-0.4, -0.2) is 45.0 Å². The highest BCUT2D eigenvalue weighted by atomic mass is 32.1. The van der Waals surface area contributed by atoms with Crippen molar-refractivity contribution in [2.45, 2.75) is 19.4 Å². The van der Waals surface area contributed by atoms with E-state index in [1.54, 1.807) is 29.7 Å². The van der Waals surface area contributed by atoms with Crippen LogP contribution in [0.25, 0.3) is 10.6 Å². The quantitative estimate of drug-likeness (QED) is 0.656. The first kappa shape index (κ1) is 17.6. The first-order chi connectivity index (χ1) is 13.1. The molecular weight excluding hydrogens is 362 g/mol. The number of thiazole rings is 1. The van der Waals surface area contributed by atoms with E-state index in [9.17, 15) is 9.90 Å². The number of ketones is 1. The fourth-order valence-corrected chi connectivity index (χ4v) is 3.86. The van der Waals surface area contributed by atoms with Crippen LogP contribution in [0, 0.1) is 0 Å². The fourth-order valence-electron chi connectivity index (χ4n) is 2.94. The molecule has 4 heterocycles.